The molecule has 3 aromatic rings. The maximum absolute atomic E-state index is 13.2. The molecule has 0 bridgehead atoms. The predicted octanol–water partition coefficient (Wildman–Crippen LogP) is 5.13. The third-order valence-electron chi connectivity index (χ3n) is 5.83. The summed E-state index contributed by atoms with van der Waals surface area (Å²) >= 11 is 1.48. The maximum atomic E-state index is 13.2. The maximum Gasteiger partial charge on any atom is 0.411 e. The van der Waals surface area contributed by atoms with Gasteiger partial charge in [0.25, 0.3) is 5.91 Å². The van der Waals surface area contributed by atoms with Crippen LogP contribution in [0.4, 0.5) is 16.2 Å². The van der Waals surface area contributed by atoms with Crippen LogP contribution in [0.2, 0.25) is 0 Å². The number of nitrogens with zero attached hydrogens (tertiary/aromatic N) is 2. The number of carbonyl (C=O) groups is 2. The molecule has 1 aromatic heterocycles. The van der Waals surface area contributed by atoms with E-state index in [1.807, 2.05) is 60.4 Å². The molecular weight excluding hydrogens is 426 g/mol. The molecule has 1 aliphatic rings. The van der Waals surface area contributed by atoms with Gasteiger partial charge in [-0.1, -0.05) is 12.1 Å². The van der Waals surface area contributed by atoms with Gasteiger partial charge in [0, 0.05) is 47.1 Å². The van der Waals surface area contributed by atoms with Crippen LogP contribution in [0, 0.1) is 0 Å². The van der Waals surface area contributed by atoms with Crippen LogP contribution in [0.1, 0.15) is 29.4 Å². The minimum atomic E-state index is -0.958. The third kappa shape index (κ3) is 4.36. The number of piperidine rings is 1. The second-order valence-corrected chi connectivity index (χ2v) is 8.80. The number of hydrogen-bond donors (Lipinski definition) is 2. The zero-order chi connectivity index (χ0) is 22.7. The lowest BCUT2D eigenvalue weighted by atomic mass is 10.0. The highest BCUT2D eigenvalue weighted by Crippen LogP contribution is 2.38. The molecule has 0 saturated carbocycles. The molecule has 0 spiro atoms. The van der Waals surface area contributed by atoms with E-state index in [1.54, 1.807) is 7.11 Å². The largest absolute Gasteiger partial charge is 0.494 e. The number of anilines is 2. The van der Waals surface area contributed by atoms with Crippen molar-refractivity contribution < 1.29 is 19.4 Å². The van der Waals surface area contributed by atoms with Crippen LogP contribution in [0.25, 0.3) is 10.1 Å². The lowest BCUT2D eigenvalue weighted by Gasteiger charge is -2.33. The Labute approximate surface area is 191 Å². The van der Waals surface area contributed by atoms with Gasteiger partial charge in [-0.2, -0.15) is 0 Å². The Morgan fingerprint density at radius 1 is 1.16 bits per heavy atom. The molecule has 1 aliphatic heterocycles. The molecule has 4 rings (SSSR count). The molecular formula is C24H27N3O4S. The molecule has 2 aromatic carbocycles. The second-order valence-electron chi connectivity index (χ2n) is 7.75. The number of ether oxygens (including phenoxy) is 1. The zero-order valence-corrected chi connectivity index (χ0v) is 19.0. The van der Waals surface area contributed by atoms with Gasteiger partial charge in [-0.05, 0) is 56.2 Å². The SMILES string of the molecule is CCN(C(=O)O)c1ccc(NC2CCN(C(=O)c3sc4ccccc4c3OC)CC2)cc1. The summed E-state index contributed by atoms with van der Waals surface area (Å²) in [6.45, 7) is 3.56. The fourth-order valence-electron chi connectivity index (χ4n) is 4.14. The molecule has 0 unspecified atom stereocenters. The molecule has 32 heavy (non-hydrogen) atoms. The highest BCUT2D eigenvalue weighted by atomic mass is 32.1. The summed E-state index contributed by atoms with van der Waals surface area (Å²) in [6, 6.07) is 15.6. The number of carboxylic acid groups (broad SMARTS) is 1. The number of rotatable bonds is 6. The smallest absolute Gasteiger partial charge is 0.411 e. The Bertz CT molecular complexity index is 1100. The average Bonchev–Trinajstić information content (AvgIpc) is 3.19. The summed E-state index contributed by atoms with van der Waals surface area (Å²) in [4.78, 5) is 28.3. The van der Waals surface area contributed by atoms with Crippen LogP contribution in [-0.2, 0) is 0 Å². The molecule has 0 atom stereocenters. The van der Waals surface area contributed by atoms with Crippen LogP contribution in [0.5, 0.6) is 5.75 Å². The summed E-state index contributed by atoms with van der Waals surface area (Å²) in [6.07, 6.45) is 0.730. The van der Waals surface area contributed by atoms with Crippen LogP contribution in [0.15, 0.2) is 48.5 Å². The van der Waals surface area contributed by atoms with Gasteiger partial charge in [-0.3, -0.25) is 9.69 Å². The number of hydrogen-bond acceptors (Lipinski definition) is 5. The van der Waals surface area contributed by atoms with Crippen LogP contribution < -0.4 is 15.0 Å². The summed E-state index contributed by atoms with van der Waals surface area (Å²) in [5, 5.41) is 13.7. The summed E-state index contributed by atoms with van der Waals surface area (Å²) < 4.78 is 6.62. The Morgan fingerprint density at radius 3 is 2.47 bits per heavy atom. The van der Waals surface area contributed by atoms with E-state index >= 15 is 0 Å². The minimum absolute atomic E-state index is 0.0270. The van der Waals surface area contributed by atoms with Gasteiger partial charge in [0.1, 0.15) is 10.6 Å². The number of nitrogens with one attached hydrogen (secondary N) is 1. The molecule has 2 heterocycles. The highest BCUT2D eigenvalue weighted by Gasteiger charge is 2.28. The highest BCUT2D eigenvalue weighted by molar-refractivity contribution is 7.21. The third-order valence-corrected chi connectivity index (χ3v) is 6.97. The average molecular weight is 454 g/mol. The Balaban J connectivity index is 1.37. The molecule has 0 aliphatic carbocycles. The molecule has 2 amide bonds. The number of fused-ring (bicyclic) bond motifs is 1. The van der Waals surface area contributed by atoms with Crippen molar-refractivity contribution in [2.75, 3.05) is 37.0 Å². The first kappa shape index (κ1) is 22.0. The Morgan fingerprint density at radius 2 is 1.84 bits per heavy atom. The number of carbonyl (C=O) groups excluding carboxylic acids is 1. The van der Waals surface area contributed by atoms with Gasteiger partial charge in [-0.25, -0.2) is 4.79 Å². The first-order valence-corrected chi connectivity index (χ1v) is 11.5. The van der Waals surface area contributed by atoms with E-state index in [0.717, 1.165) is 28.6 Å². The lowest BCUT2D eigenvalue weighted by molar-refractivity contribution is 0.0720. The summed E-state index contributed by atoms with van der Waals surface area (Å²) in [5.74, 6) is 0.692. The zero-order valence-electron chi connectivity index (χ0n) is 18.2. The lowest BCUT2D eigenvalue weighted by Crippen LogP contribution is -2.42. The summed E-state index contributed by atoms with van der Waals surface area (Å²) in [5.41, 5.74) is 1.61. The van der Waals surface area contributed by atoms with Gasteiger partial charge in [0.2, 0.25) is 0 Å². The second kappa shape index (κ2) is 9.48. The van der Waals surface area contributed by atoms with Gasteiger partial charge in [0.05, 0.1) is 7.11 Å². The van der Waals surface area contributed by atoms with E-state index < -0.39 is 6.09 Å². The van der Waals surface area contributed by atoms with E-state index in [4.69, 9.17) is 4.74 Å². The van der Waals surface area contributed by atoms with Crippen LogP contribution >= 0.6 is 11.3 Å². The predicted molar refractivity (Wildman–Crippen MR) is 128 cm³/mol. The van der Waals surface area contributed by atoms with Gasteiger partial charge in [0.15, 0.2) is 0 Å². The van der Waals surface area contributed by atoms with Gasteiger partial charge in [-0.15, -0.1) is 11.3 Å². The number of thiophene rings is 1. The summed E-state index contributed by atoms with van der Waals surface area (Å²) in [7, 11) is 1.61. The number of methoxy groups -OCH3 is 1. The first-order chi connectivity index (χ1) is 15.5. The Kier molecular flexibility index (Phi) is 6.50. The van der Waals surface area contributed by atoms with E-state index in [2.05, 4.69) is 5.32 Å². The van der Waals surface area contributed by atoms with E-state index in [-0.39, 0.29) is 11.9 Å². The molecule has 1 fully saturated rings. The van der Waals surface area contributed by atoms with Crippen molar-refractivity contribution >= 4 is 44.8 Å². The van der Waals surface area contributed by atoms with Crippen LogP contribution in [-0.4, -0.2) is 54.8 Å². The van der Waals surface area contributed by atoms with E-state index in [1.165, 1.54) is 16.2 Å². The van der Waals surface area contributed by atoms with Crippen molar-refractivity contribution in [2.24, 2.45) is 0 Å². The van der Waals surface area contributed by atoms with Crippen molar-refractivity contribution in [2.45, 2.75) is 25.8 Å². The monoisotopic (exact) mass is 453 g/mol. The molecule has 7 nitrogen and oxygen atoms in total. The van der Waals surface area contributed by atoms with E-state index in [9.17, 15) is 14.7 Å². The fourth-order valence-corrected chi connectivity index (χ4v) is 5.28. The number of amides is 2. The number of benzene rings is 2. The fraction of sp³-hybridized carbons (Fsp3) is 0.333. The standard InChI is InChI=1S/C24H27N3O4S/c1-3-27(24(29)30)18-10-8-16(9-11-18)25-17-12-14-26(15-13-17)23(28)22-21(31-2)19-6-4-5-7-20(19)32-22/h4-11,17,25H,3,12-15H2,1-2H3,(H,29,30). The topological polar surface area (TPSA) is 82.1 Å². The molecule has 168 valence electrons. The quantitative estimate of drug-likeness (QED) is 0.541. The molecule has 2 N–H and O–H groups in total. The van der Waals surface area contributed by atoms with Crippen LogP contribution in [0.3, 0.4) is 0 Å². The molecule has 1 saturated heterocycles. The van der Waals surface area contributed by atoms with Crippen molar-refractivity contribution in [3.8, 4) is 5.75 Å². The van der Waals surface area contributed by atoms with Crippen molar-refractivity contribution in [1.29, 1.82) is 0 Å². The minimum Gasteiger partial charge on any atom is -0.494 e. The molecule has 0 radical (unpaired) electrons. The van der Waals surface area contributed by atoms with E-state index in [0.29, 0.717) is 35.9 Å². The van der Waals surface area contributed by atoms with Crippen molar-refractivity contribution in [3.63, 3.8) is 0 Å². The first-order valence-electron chi connectivity index (χ1n) is 10.7. The van der Waals surface area contributed by atoms with Crippen molar-refractivity contribution in [3.05, 3.63) is 53.4 Å². The van der Waals surface area contributed by atoms with Crippen molar-refractivity contribution in [1.82, 2.24) is 4.90 Å². The normalized spacial score (nSPS) is 14.4. The number of likely N-dealkylation sites (tertiary alicyclic amines) is 1. The molecule has 8 heteroatoms. The van der Waals surface area contributed by atoms with Gasteiger partial charge >= 0.3 is 6.09 Å². The van der Waals surface area contributed by atoms with Gasteiger partial charge < -0.3 is 20.1 Å². The Hall–Kier alpha value is -3.26.